The molecule has 0 amide bonds. The number of nitrogens with one attached hydrogen (secondary N) is 1. The van der Waals surface area contributed by atoms with Crippen LogP contribution in [-0.4, -0.2) is 21.5 Å². The standard InChI is InChI=1S/C15H13ClFNO4S.C9H12/c1-22-15(19)13-7-2-10(8-14(13)17)9-18-23(20,21)12-5-3-11(16)4-6-12;1-2-6-9-7-4-3-5-8-9/h2-8,18H,9H2,1H3;3-5,7-8H,2,6H2,1H3. The lowest BCUT2D eigenvalue weighted by atomic mass is 10.1. The summed E-state index contributed by atoms with van der Waals surface area (Å²) >= 11 is 5.71. The van der Waals surface area contributed by atoms with Crippen LogP contribution in [0.25, 0.3) is 0 Å². The van der Waals surface area contributed by atoms with Crippen LogP contribution < -0.4 is 4.72 Å². The summed E-state index contributed by atoms with van der Waals surface area (Å²) in [6, 6.07) is 20.0. The van der Waals surface area contributed by atoms with E-state index in [0.717, 1.165) is 13.2 Å². The Balaban J connectivity index is 0.000000336. The number of sulfonamides is 1. The molecule has 3 rings (SSSR count). The predicted molar refractivity (Wildman–Crippen MR) is 124 cm³/mol. The van der Waals surface area contributed by atoms with Crippen LogP contribution in [0.15, 0.2) is 77.7 Å². The predicted octanol–water partition coefficient (Wildman–Crippen LogP) is 5.38. The zero-order valence-corrected chi connectivity index (χ0v) is 19.4. The minimum absolute atomic E-state index is 0.0496. The topological polar surface area (TPSA) is 72.5 Å². The van der Waals surface area contributed by atoms with Crippen LogP contribution in [0.5, 0.6) is 0 Å². The highest BCUT2D eigenvalue weighted by atomic mass is 35.5. The van der Waals surface area contributed by atoms with Crippen LogP contribution in [0, 0.1) is 5.82 Å². The van der Waals surface area contributed by atoms with E-state index in [2.05, 4.69) is 46.7 Å². The summed E-state index contributed by atoms with van der Waals surface area (Å²) in [5, 5.41) is 0.421. The second-order valence-electron chi connectivity index (χ2n) is 6.82. The van der Waals surface area contributed by atoms with Gasteiger partial charge >= 0.3 is 5.97 Å². The van der Waals surface area contributed by atoms with E-state index in [-0.39, 0.29) is 17.0 Å². The molecule has 0 aliphatic rings. The van der Waals surface area contributed by atoms with E-state index in [0.29, 0.717) is 10.6 Å². The molecule has 3 aromatic rings. The van der Waals surface area contributed by atoms with Gasteiger partial charge in [0, 0.05) is 11.6 Å². The number of hydrogen-bond acceptors (Lipinski definition) is 4. The summed E-state index contributed by atoms with van der Waals surface area (Å²) in [7, 11) is -2.59. The third-order valence-electron chi connectivity index (χ3n) is 4.41. The van der Waals surface area contributed by atoms with E-state index in [9.17, 15) is 17.6 Å². The molecule has 0 unspecified atom stereocenters. The monoisotopic (exact) mass is 477 g/mol. The van der Waals surface area contributed by atoms with Gasteiger partial charge in [0.05, 0.1) is 17.6 Å². The van der Waals surface area contributed by atoms with Gasteiger partial charge < -0.3 is 4.74 Å². The molecule has 8 heteroatoms. The third kappa shape index (κ3) is 7.75. The van der Waals surface area contributed by atoms with E-state index in [1.165, 1.54) is 54.8 Å². The molecule has 0 spiro atoms. The van der Waals surface area contributed by atoms with Gasteiger partial charge in [-0.2, -0.15) is 0 Å². The third-order valence-corrected chi connectivity index (χ3v) is 6.08. The molecule has 32 heavy (non-hydrogen) atoms. The summed E-state index contributed by atoms with van der Waals surface area (Å²) in [4.78, 5) is 11.3. The summed E-state index contributed by atoms with van der Waals surface area (Å²) < 4.78 is 44.8. The number of carbonyl (C=O) groups excluding carboxylic acids is 1. The number of halogens is 2. The van der Waals surface area contributed by atoms with Crippen molar-refractivity contribution in [3.8, 4) is 0 Å². The lowest BCUT2D eigenvalue weighted by Gasteiger charge is -2.08. The Morgan fingerprint density at radius 3 is 2.22 bits per heavy atom. The molecule has 0 saturated heterocycles. The fourth-order valence-corrected chi connectivity index (χ4v) is 3.90. The Labute approximate surface area is 193 Å². The number of hydrogen-bond donors (Lipinski definition) is 1. The Kier molecular flexibility index (Phi) is 9.84. The number of aryl methyl sites for hydroxylation is 1. The molecule has 170 valence electrons. The molecule has 0 radical (unpaired) electrons. The molecule has 0 aliphatic heterocycles. The molecule has 0 atom stereocenters. The minimum Gasteiger partial charge on any atom is -0.465 e. The summed E-state index contributed by atoms with van der Waals surface area (Å²) in [6.45, 7) is 2.08. The van der Waals surface area contributed by atoms with Crippen molar-refractivity contribution >= 4 is 27.6 Å². The van der Waals surface area contributed by atoms with Crippen molar-refractivity contribution in [1.29, 1.82) is 0 Å². The molecule has 0 aromatic heterocycles. The molecule has 1 N–H and O–H groups in total. The van der Waals surface area contributed by atoms with Gasteiger partial charge in [-0.1, -0.05) is 61.3 Å². The van der Waals surface area contributed by atoms with Crippen LogP contribution in [0.1, 0.15) is 34.8 Å². The molecular formula is C24H25ClFNO4S. The zero-order valence-electron chi connectivity index (χ0n) is 17.8. The Bertz CT molecular complexity index is 1120. The van der Waals surface area contributed by atoms with Crippen molar-refractivity contribution in [3.63, 3.8) is 0 Å². The van der Waals surface area contributed by atoms with Crippen molar-refractivity contribution in [2.24, 2.45) is 0 Å². The number of esters is 1. The van der Waals surface area contributed by atoms with Gasteiger partial charge in [-0.3, -0.25) is 0 Å². The van der Waals surface area contributed by atoms with E-state index in [4.69, 9.17) is 11.6 Å². The maximum absolute atomic E-state index is 13.8. The van der Waals surface area contributed by atoms with Crippen molar-refractivity contribution in [3.05, 3.63) is 100 Å². The Morgan fingerprint density at radius 2 is 1.66 bits per heavy atom. The number of ether oxygens (including phenoxy) is 1. The Morgan fingerprint density at radius 1 is 1.00 bits per heavy atom. The highest BCUT2D eigenvalue weighted by molar-refractivity contribution is 7.89. The highest BCUT2D eigenvalue weighted by Crippen LogP contribution is 2.15. The van der Waals surface area contributed by atoms with Crippen molar-refractivity contribution < 1.29 is 22.3 Å². The zero-order chi connectivity index (χ0) is 23.6. The lowest BCUT2D eigenvalue weighted by Crippen LogP contribution is -2.23. The quantitative estimate of drug-likeness (QED) is 0.463. The average Bonchev–Trinajstić information content (AvgIpc) is 2.79. The molecular weight excluding hydrogens is 453 g/mol. The van der Waals surface area contributed by atoms with Gasteiger partial charge in [0.1, 0.15) is 5.82 Å². The SMILES string of the molecule is CCCc1ccccc1.COC(=O)c1ccc(CNS(=O)(=O)c2ccc(Cl)cc2)cc1F. The van der Waals surface area contributed by atoms with Gasteiger partial charge in [-0.25, -0.2) is 22.3 Å². The number of benzene rings is 3. The fraction of sp³-hybridized carbons (Fsp3) is 0.208. The van der Waals surface area contributed by atoms with Crippen LogP contribution in [0.2, 0.25) is 5.02 Å². The van der Waals surface area contributed by atoms with Crippen molar-refractivity contribution in [2.45, 2.75) is 31.2 Å². The van der Waals surface area contributed by atoms with E-state index in [1.807, 2.05) is 0 Å². The van der Waals surface area contributed by atoms with E-state index < -0.39 is 21.8 Å². The van der Waals surface area contributed by atoms with Gasteiger partial charge in [-0.05, 0) is 53.9 Å². The van der Waals surface area contributed by atoms with Gasteiger partial charge in [0.2, 0.25) is 10.0 Å². The summed E-state index contributed by atoms with van der Waals surface area (Å²) in [5.41, 5.74) is 1.60. The highest BCUT2D eigenvalue weighted by Gasteiger charge is 2.15. The van der Waals surface area contributed by atoms with E-state index in [1.54, 1.807) is 0 Å². The summed E-state index contributed by atoms with van der Waals surface area (Å²) in [5.74, 6) is -1.57. The largest absolute Gasteiger partial charge is 0.465 e. The molecule has 0 fully saturated rings. The second-order valence-corrected chi connectivity index (χ2v) is 9.02. The van der Waals surface area contributed by atoms with Crippen LogP contribution >= 0.6 is 11.6 Å². The number of carbonyl (C=O) groups is 1. The summed E-state index contributed by atoms with van der Waals surface area (Å²) in [6.07, 6.45) is 2.45. The van der Waals surface area contributed by atoms with Crippen molar-refractivity contribution in [1.82, 2.24) is 4.72 Å². The Hall–Kier alpha value is -2.74. The smallest absolute Gasteiger partial charge is 0.340 e. The van der Waals surface area contributed by atoms with Crippen LogP contribution in [-0.2, 0) is 27.7 Å². The van der Waals surface area contributed by atoms with Gasteiger partial charge in [0.15, 0.2) is 0 Å². The molecule has 0 aliphatic carbocycles. The minimum atomic E-state index is -3.74. The van der Waals surface area contributed by atoms with Crippen LogP contribution in [0.3, 0.4) is 0 Å². The van der Waals surface area contributed by atoms with Crippen LogP contribution in [0.4, 0.5) is 4.39 Å². The number of rotatable bonds is 7. The first-order valence-corrected chi connectivity index (χ1v) is 11.8. The molecule has 0 saturated carbocycles. The maximum Gasteiger partial charge on any atom is 0.340 e. The molecule has 0 heterocycles. The average molecular weight is 478 g/mol. The second kappa shape index (κ2) is 12.3. The first kappa shape index (κ1) is 25.5. The van der Waals surface area contributed by atoms with Crippen molar-refractivity contribution in [2.75, 3.05) is 7.11 Å². The van der Waals surface area contributed by atoms with Gasteiger partial charge in [-0.15, -0.1) is 0 Å². The maximum atomic E-state index is 13.8. The first-order valence-electron chi connectivity index (χ1n) is 9.92. The normalized spacial score (nSPS) is 10.8. The first-order chi connectivity index (χ1) is 15.3. The molecule has 5 nitrogen and oxygen atoms in total. The molecule has 0 bridgehead atoms. The van der Waals surface area contributed by atoms with E-state index >= 15 is 0 Å². The fourth-order valence-electron chi connectivity index (χ4n) is 2.75. The molecule has 3 aromatic carbocycles. The lowest BCUT2D eigenvalue weighted by molar-refractivity contribution is 0.0595. The van der Waals surface area contributed by atoms with Gasteiger partial charge in [0.25, 0.3) is 0 Å². The number of methoxy groups -OCH3 is 1.